The highest BCUT2D eigenvalue weighted by atomic mass is 16.7. The van der Waals surface area contributed by atoms with E-state index in [4.69, 9.17) is 18.8 Å². The quantitative estimate of drug-likeness (QED) is 0.366. The van der Waals surface area contributed by atoms with E-state index in [1.165, 1.54) is 18.2 Å². The smallest absolute Gasteiger partial charge is 0.492 e. The first kappa shape index (κ1) is 27.5. The Hall–Kier alpha value is -4.06. The van der Waals surface area contributed by atoms with Gasteiger partial charge in [0, 0.05) is 12.5 Å². The topological polar surface area (TPSA) is 89.8 Å². The van der Waals surface area contributed by atoms with Gasteiger partial charge in [0.15, 0.2) is 0 Å². The third-order valence-electron chi connectivity index (χ3n) is 8.07. The number of hydrogen-bond acceptors (Lipinski definition) is 6. The Kier molecular flexibility index (Phi) is 7.46. The van der Waals surface area contributed by atoms with E-state index in [0.29, 0.717) is 22.3 Å². The zero-order valence-corrected chi connectivity index (χ0v) is 23.5. The van der Waals surface area contributed by atoms with Gasteiger partial charge in [-0.1, -0.05) is 66.7 Å². The van der Waals surface area contributed by atoms with Crippen molar-refractivity contribution in [2.75, 3.05) is 20.3 Å². The molecule has 0 aromatic heterocycles. The number of nitrogens with zero attached hydrogens (tertiary/aromatic N) is 1. The van der Waals surface area contributed by atoms with Crippen molar-refractivity contribution in [1.29, 1.82) is 5.26 Å². The van der Waals surface area contributed by atoms with Crippen LogP contribution in [0.3, 0.4) is 0 Å². The predicted octanol–water partition coefficient (Wildman–Crippen LogP) is 6.12. The van der Waals surface area contributed by atoms with Crippen LogP contribution in [-0.4, -0.2) is 44.7 Å². The highest BCUT2D eigenvalue weighted by Crippen LogP contribution is 2.44. The van der Waals surface area contributed by atoms with Crippen LogP contribution in [-0.2, 0) is 14.0 Å². The highest BCUT2D eigenvalue weighted by molar-refractivity contribution is 6.56. The Morgan fingerprint density at radius 3 is 2.15 bits per heavy atom. The van der Waals surface area contributed by atoms with Gasteiger partial charge in [0.25, 0.3) is 0 Å². The zero-order valence-electron chi connectivity index (χ0n) is 23.5. The fourth-order valence-corrected chi connectivity index (χ4v) is 5.18. The average molecular weight is 536 g/mol. The number of nitriles is 1. The number of carbonyl (C=O) groups is 1. The summed E-state index contributed by atoms with van der Waals surface area (Å²) < 4.78 is 23.7. The minimum Gasteiger partial charge on any atom is -0.495 e. The molecule has 1 N–H and O–H groups in total. The average Bonchev–Trinajstić information content (AvgIpc) is 3.38. The first-order chi connectivity index (χ1) is 19.1. The van der Waals surface area contributed by atoms with Crippen LogP contribution in [0.25, 0.3) is 17.2 Å². The molecule has 0 unspecified atom stereocenters. The molecule has 0 bridgehead atoms. The number of nitrogens with one attached hydrogen (secondary N) is 1. The van der Waals surface area contributed by atoms with Gasteiger partial charge >= 0.3 is 13.2 Å². The summed E-state index contributed by atoms with van der Waals surface area (Å²) in [6, 6.07) is 24.0. The van der Waals surface area contributed by atoms with Crippen molar-refractivity contribution < 1.29 is 23.6 Å². The van der Waals surface area contributed by atoms with E-state index < -0.39 is 24.4 Å². The summed E-state index contributed by atoms with van der Waals surface area (Å²) in [7, 11) is 0.800. The lowest BCUT2D eigenvalue weighted by molar-refractivity contribution is 0.00578. The van der Waals surface area contributed by atoms with Gasteiger partial charge in [0.2, 0.25) is 0 Å². The molecule has 8 heteroatoms. The van der Waals surface area contributed by atoms with Crippen LogP contribution in [0.1, 0.15) is 55.9 Å². The zero-order chi connectivity index (χ0) is 28.5. The third kappa shape index (κ3) is 5.11. The molecule has 3 aromatic rings. The maximum atomic E-state index is 13.0. The lowest BCUT2D eigenvalue weighted by Crippen LogP contribution is -2.41. The molecule has 1 amide bonds. The third-order valence-corrected chi connectivity index (χ3v) is 8.07. The molecule has 0 atom stereocenters. The Labute approximate surface area is 235 Å². The summed E-state index contributed by atoms with van der Waals surface area (Å²) in [5.74, 6) is 0.431. The van der Waals surface area contributed by atoms with Gasteiger partial charge in [0.1, 0.15) is 24.0 Å². The van der Waals surface area contributed by atoms with Gasteiger partial charge in [-0.2, -0.15) is 5.26 Å². The van der Waals surface area contributed by atoms with Gasteiger partial charge in [-0.3, -0.25) is 0 Å². The molecule has 1 saturated heterocycles. The van der Waals surface area contributed by atoms with Crippen LogP contribution in [0, 0.1) is 11.3 Å². The van der Waals surface area contributed by atoms with Gasteiger partial charge < -0.3 is 24.1 Å². The summed E-state index contributed by atoms with van der Waals surface area (Å²) in [5, 5.41) is 12.7. The largest absolute Gasteiger partial charge is 0.495 e. The van der Waals surface area contributed by atoms with Crippen LogP contribution in [0.2, 0.25) is 0 Å². The van der Waals surface area contributed by atoms with Crippen LogP contribution < -0.4 is 10.1 Å². The van der Waals surface area contributed by atoms with Crippen molar-refractivity contribution >= 4 is 19.3 Å². The summed E-state index contributed by atoms with van der Waals surface area (Å²) in [4.78, 5) is 13.0. The summed E-state index contributed by atoms with van der Waals surface area (Å²) in [6.07, 6.45) is 1.27. The molecule has 1 aliphatic carbocycles. The highest BCUT2D eigenvalue weighted by Gasteiger charge is 2.52. The van der Waals surface area contributed by atoms with Gasteiger partial charge in [0.05, 0.1) is 18.3 Å². The first-order valence-electron chi connectivity index (χ1n) is 13.4. The maximum absolute atomic E-state index is 13.0. The number of ether oxygens (including phenoxy) is 2. The lowest BCUT2D eigenvalue weighted by Gasteiger charge is -2.32. The van der Waals surface area contributed by atoms with Crippen molar-refractivity contribution in [3.8, 4) is 22.9 Å². The van der Waals surface area contributed by atoms with Crippen LogP contribution >= 0.6 is 0 Å². The minimum atomic E-state index is -0.725. The van der Waals surface area contributed by atoms with E-state index in [0.717, 1.165) is 11.1 Å². The van der Waals surface area contributed by atoms with Gasteiger partial charge in [-0.25, -0.2) is 4.79 Å². The summed E-state index contributed by atoms with van der Waals surface area (Å²) in [6.45, 7) is 8.19. The molecule has 0 saturated carbocycles. The standard InChI is InChI=1S/C32H33BN2O5/c1-31(2)32(3,4)40-33(39-31)22(17-21-11-10-16-29(37-5)27(21)18-34)19-35-30(36)38-20-28-25-14-8-6-12-23(25)24-13-7-9-15-26(24)28/h6-17,28H,19-20H2,1-5H3,(H,35,36). The molecular formula is C32H33BN2O5. The van der Waals surface area contributed by atoms with Crippen LogP contribution in [0.5, 0.6) is 5.75 Å². The van der Waals surface area contributed by atoms with Crippen molar-refractivity contribution in [2.45, 2.75) is 44.8 Å². The van der Waals surface area contributed by atoms with E-state index in [1.54, 1.807) is 6.07 Å². The van der Waals surface area contributed by atoms with Crippen LogP contribution in [0.4, 0.5) is 4.79 Å². The predicted molar refractivity (Wildman–Crippen MR) is 155 cm³/mol. The van der Waals surface area contributed by atoms with E-state index in [-0.39, 0.29) is 19.1 Å². The van der Waals surface area contributed by atoms with Crippen molar-refractivity contribution in [2.24, 2.45) is 0 Å². The Morgan fingerprint density at radius 2 is 1.57 bits per heavy atom. The first-order valence-corrected chi connectivity index (χ1v) is 13.4. The molecule has 2 aliphatic rings. The van der Waals surface area contributed by atoms with Crippen molar-refractivity contribution in [3.63, 3.8) is 0 Å². The fourth-order valence-electron chi connectivity index (χ4n) is 5.18. The number of methoxy groups -OCH3 is 1. The van der Waals surface area contributed by atoms with Crippen LogP contribution in [0.15, 0.2) is 72.2 Å². The number of hydrogen-bond donors (Lipinski definition) is 1. The molecule has 40 heavy (non-hydrogen) atoms. The minimum absolute atomic E-state index is 0.0359. The molecule has 204 valence electrons. The fraction of sp³-hybridized carbons (Fsp3) is 0.312. The Morgan fingerprint density at radius 1 is 0.975 bits per heavy atom. The molecule has 5 rings (SSSR count). The second-order valence-corrected chi connectivity index (χ2v) is 11.0. The van der Waals surface area contributed by atoms with Gasteiger partial charge in [-0.05, 0) is 67.1 Å². The second-order valence-electron chi connectivity index (χ2n) is 11.0. The van der Waals surface area contributed by atoms with E-state index in [2.05, 4.69) is 35.7 Å². The molecule has 1 heterocycles. The Balaban J connectivity index is 1.34. The van der Waals surface area contributed by atoms with E-state index in [1.807, 2.05) is 70.2 Å². The number of fused-ring (bicyclic) bond motifs is 3. The monoisotopic (exact) mass is 536 g/mol. The van der Waals surface area contributed by atoms with Gasteiger partial charge in [-0.15, -0.1) is 0 Å². The molecule has 0 spiro atoms. The molecule has 7 nitrogen and oxygen atoms in total. The van der Waals surface area contributed by atoms with Crippen molar-refractivity contribution in [1.82, 2.24) is 5.32 Å². The summed E-state index contributed by atoms with van der Waals surface area (Å²) >= 11 is 0. The summed E-state index contributed by atoms with van der Waals surface area (Å²) in [5.41, 5.74) is 5.17. The molecule has 1 fully saturated rings. The number of rotatable bonds is 7. The Bertz CT molecular complexity index is 1450. The molecule has 3 aromatic carbocycles. The van der Waals surface area contributed by atoms with Crippen molar-refractivity contribution in [3.05, 3.63) is 94.5 Å². The normalized spacial score (nSPS) is 17.1. The molecule has 1 aliphatic heterocycles. The molecular weight excluding hydrogens is 503 g/mol. The second kappa shape index (κ2) is 10.8. The SMILES string of the molecule is COc1cccc(C=C(CNC(=O)OCC2c3ccccc3-c3ccccc32)B2OC(C)(C)C(C)(C)O2)c1C#N. The number of amides is 1. The number of alkyl carbamates (subject to hydrolysis) is 1. The van der Waals surface area contributed by atoms with E-state index >= 15 is 0 Å². The van der Waals surface area contributed by atoms with E-state index in [9.17, 15) is 10.1 Å². The number of benzene rings is 3. The maximum Gasteiger partial charge on any atom is 0.492 e. The lowest BCUT2D eigenvalue weighted by atomic mass is 9.76. The number of carbonyl (C=O) groups excluding carboxylic acids is 1. The molecule has 0 radical (unpaired) electrons.